The third kappa shape index (κ3) is 3.56. The molecule has 9 nitrogen and oxygen atoms in total. The van der Waals surface area contributed by atoms with Crippen molar-refractivity contribution >= 4 is 28.9 Å². The maximum Gasteiger partial charge on any atom is 0.410 e. The van der Waals surface area contributed by atoms with Crippen LogP contribution in [0.2, 0.25) is 0 Å². The average molecular weight is 421 g/mol. The van der Waals surface area contributed by atoms with Crippen LogP contribution < -0.4 is 4.90 Å². The molecule has 160 valence electrons. The minimum Gasteiger partial charge on any atom is -0.478 e. The van der Waals surface area contributed by atoms with Crippen LogP contribution in [-0.4, -0.2) is 62.2 Å². The van der Waals surface area contributed by atoms with Gasteiger partial charge in [-0.1, -0.05) is 12.1 Å². The Hall–Kier alpha value is -3.62. The Bertz CT molecular complexity index is 1110. The topological polar surface area (TPSA) is 112 Å². The number of carboxylic acids is 1. The molecule has 0 unspecified atom stereocenters. The van der Waals surface area contributed by atoms with E-state index in [9.17, 15) is 9.59 Å². The molecule has 1 aromatic carbocycles. The number of nitrogens with zero attached hydrogens (tertiary/aromatic N) is 4. The van der Waals surface area contributed by atoms with Gasteiger partial charge in [-0.25, -0.2) is 19.6 Å². The molecule has 2 aliphatic rings. The van der Waals surface area contributed by atoms with Crippen molar-refractivity contribution in [2.45, 2.75) is 38.0 Å². The molecule has 0 radical (unpaired) electrons. The number of rotatable bonds is 4. The maximum atomic E-state index is 12.9. The van der Waals surface area contributed by atoms with E-state index in [-0.39, 0.29) is 30.3 Å². The first-order valence-electron chi connectivity index (χ1n) is 10.4. The highest BCUT2D eigenvalue weighted by molar-refractivity contribution is 5.88. The number of aromatic nitrogens is 3. The molecule has 9 heteroatoms. The summed E-state index contributed by atoms with van der Waals surface area (Å²) in [4.78, 5) is 39.9. The second-order valence-electron chi connectivity index (χ2n) is 7.95. The van der Waals surface area contributed by atoms with E-state index in [0.29, 0.717) is 6.54 Å². The van der Waals surface area contributed by atoms with E-state index < -0.39 is 5.97 Å². The zero-order valence-electron chi connectivity index (χ0n) is 16.9. The molecular formula is C22H23N5O4. The monoisotopic (exact) mass is 421 g/mol. The van der Waals surface area contributed by atoms with E-state index in [2.05, 4.69) is 19.9 Å². The molecule has 4 heterocycles. The van der Waals surface area contributed by atoms with E-state index in [4.69, 9.17) is 9.84 Å². The first-order chi connectivity index (χ1) is 15.1. The predicted octanol–water partition coefficient (Wildman–Crippen LogP) is 3.04. The van der Waals surface area contributed by atoms with Gasteiger partial charge in [-0.15, -0.1) is 0 Å². The Kier molecular flexibility index (Phi) is 4.93. The number of aromatic amines is 1. The number of amides is 1. The van der Waals surface area contributed by atoms with Crippen molar-refractivity contribution in [1.82, 2.24) is 19.9 Å². The van der Waals surface area contributed by atoms with Crippen LogP contribution >= 0.6 is 0 Å². The van der Waals surface area contributed by atoms with Gasteiger partial charge in [0.25, 0.3) is 0 Å². The first-order valence-corrected chi connectivity index (χ1v) is 10.4. The summed E-state index contributed by atoms with van der Waals surface area (Å²) in [5.74, 6) is -0.0678. The number of H-pyrrole nitrogens is 1. The lowest BCUT2D eigenvalue weighted by Gasteiger charge is -2.39. The molecule has 1 amide bonds. The zero-order chi connectivity index (χ0) is 21.4. The lowest BCUT2D eigenvalue weighted by Crippen LogP contribution is -2.52. The highest BCUT2D eigenvalue weighted by Gasteiger charge is 2.43. The highest BCUT2D eigenvalue weighted by atomic mass is 16.6. The summed E-state index contributed by atoms with van der Waals surface area (Å²) in [5, 5.41) is 9.99. The standard InChI is InChI=1S/C22H23N5O4/c28-21(29)15-5-3-14(4-6-15)12-31-22(30)27-10-1-2-17-18(27)8-11-26(17)20-16-7-9-23-19(16)24-13-25-20/h3-7,9,13,17-18H,1-2,8,10-12H2,(H,28,29)(H,23,24,25)/t17-,18-/m1/s1. The Labute approximate surface area is 178 Å². The fraction of sp³-hybridized carbons (Fsp3) is 0.364. The van der Waals surface area contributed by atoms with Crippen molar-refractivity contribution in [2.75, 3.05) is 18.0 Å². The van der Waals surface area contributed by atoms with Gasteiger partial charge in [0.2, 0.25) is 0 Å². The van der Waals surface area contributed by atoms with Gasteiger partial charge in [-0.3, -0.25) is 0 Å². The fourth-order valence-corrected chi connectivity index (χ4v) is 4.73. The van der Waals surface area contributed by atoms with Gasteiger partial charge >= 0.3 is 12.1 Å². The number of ether oxygens (including phenoxy) is 1. The SMILES string of the molecule is O=C(O)c1ccc(COC(=O)N2CCC[C@@H]3[C@H]2CCN3c2ncnc3[nH]ccc23)cc1. The number of likely N-dealkylation sites (tertiary alicyclic amines) is 1. The second kappa shape index (κ2) is 7.90. The number of aromatic carboxylic acids is 1. The van der Waals surface area contributed by atoms with Crippen LogP contribution in [0.4, 0.5) is 10.6 Å². The minimum absolute atomic E-state index is 0.0830. The van der Waals surface area contributed by atoms with E-state index in [1.165, 1.54) is 12.1 Å². The molecule has 2 saturated heterocycles. The Morgan fingerprint density at radius 2 is 1.94 bits per heavy atom. The minimum atomic E-state index is -0.978. The van der Waals surface area contributed by atoms with Crippen molar-refractivity contribution in [1.29, 1.82) is 0 Å². The predicted molar refractivity (Wildman–Crippen MR) is 113 cm³/mol. The van der Waals surface area contributed by atoms with Crippen LogP contribution in [0.1, 0.15) is 35.2 Å². The van der Waals surface area contributed by atoms with Gasteiger partial charge in [0, 0.05) is 19.3 Å². The molecular weight excluding hydrogens is 398 g/mol. The third-order valence-electron chi connectivity index (χ3n) is 6.21. The molecule has 2 aromatic heterocycles. The number of nitrogens with one attached hydrogen (secondary N) is 1. The lowest BCUT2D eigenvalue weighted by atomic mass is 9.97. The smallest absolute Gasteiger partial charge is 0.410 e. The Balaban J connectivity index is 1.27. The molecule has 0 aliphatic carbocycles. The fourth-order valence-electron chi connectivity index (χ4n) is 4.73. The number of benzene rings is 1. The van der Waals surface area contributed by atoms with Crippen LogP contribution in [0.5, 0.6) is 0 Å². The molecule has 2 aliphatic heterocycles. The second-order valence-corrected chi connectivity index (χ2v) is 7.95. The van der Waals surface area contributed by atoms with E-state index in [1.54, 1.807) is 18.5 Å². The van der Waals surface area contributed by atoms with Gasteiger partial charge in [-0.05, 0) is 43.0 Å². The summed E-state index contributed by atoms with van der Waals surface area (Å²) in [6.07, 6.45) is 5.88. The zero-order valence-corrected chi connectivity index (χ0v) is 16.9. The largest absolute Gasteiger partial charge is 0.478 e. The summed E-state index contributed by atoms with van der Waals surface area (Å²) in [6.45, 7) is 1.62. The molecule has 2 atom stereocenters. The molecule has 5 rings (SSSR count). The quantitative estimate of drug-likeness (QED) is 0.666. The van der Waals surface area contributed by atoms with Gasteiger partial charge in [0.05, 0.1) is 23.0 Å². The van der Waals surface area contributed by atoms with Gasteiger partial charge in [0.15, 0.2) is 0 Å². The summed E-state index contributed by atoms with van der Waals surface area (Å²) < 4.78 is 5.57. The van der Waals surface area contributed by atoms with Crippen molar-refractivity contribution in [3.8, 4) is 0 Å². The summed E-state index contributed by atoms with van der Waals surface area (Å²) in [7, 11) is 0. The molecule has 2 N–H and O–H groups in total. The van der Waals surface area contributed by atoms with Gasteiger partial charge < -0.3 is 24.6 Å². The molecule has 0 bridgehead atoms. The Morgan fingerprint density at radius 3 is 2.74 bits per heavy atom. The number of carboxylic acid groups (broad SMARTS) is 1. The first kappa shape index (κ1) is 19.3. The van der Waals surface area contributed by atoms with Gasteiger partial charge in [-0.2, -0.15) is 0 Å². The average Bonchev–Trinajstić information content (AvgIpc) is 3.44. The number of anilines is 1. The molecule has 31 heavy (non-hydrogen) atoms. The summed E-state index contributed by atoms with van der Waals surface area (Å²) >= 11 is 0. The summed E-state index contributed by atoms with van der Waals surface area (Å²) in [6, 6.07) is 8.64. The van der Waals surface area contributed by atoms with Crippen molar-refractivity contribution in [2.24, 2.45) is 0 Å². The Morgan fingerprint density at radius 1 is 1.10 bits per heavy atom. The van der Waals surface area contributed by atoms with Crippen LogP contribution in [0, 0.1) is 0 Å². The normalized spacial score (nSPS) is 20.6. The van der Waals surface area contributed by atoms with Gasteiger partial charge in [0.1, 0.15) is 24.4 Å². The van der Waals surface area contributed by atoms with Crippen LogP contribution in [0.15, 0.2) is 42.9 Å². The molecule has 3 aromatic rings. The lowest BCUT2D eigenvalue weighted by molar-refractivity contribution is 0.0667. The summed E-state index contributed by atoms with van der Waals surface area (Å²) in [5.41, 5.74) is 1.78. The molecule has 2 fully saturated rings. The number of hydrogen-bond acceptors (Lipinski definition) is 6. The van der Waals surface area contributed by atoms with Crippen molar-refractivity contribution < 1.29 is 19.4 Å². The number of carbonyl (C=O) groups excluding carboxylic acids is 1. The van der Waals surface area contributed by atoms with E-state index in [1.807, 2.05) is 17.2 Å². The maximum absolute atomic E-state index is 12.9. The third-order valence-corrected chi connectivity index (χ3v) is 6.21. The van der Waals surface area contributed by atoms with Crippen molar-refractivity contribution in [3.05, 3.63) is 54.0 Å². The van der Waals surface area contributed by atoms with Crippen molar-refractivity contribution in [3.63, 3.8) is 0 Å². The van der Waals surface area contributed by atoms with Crippen LogP contribution in [0.3, 0.4) is 0 Å². The van der Waals surface area contributed by atoms with E-state index >= 15 is 0 Å². The number of carbonyl (C=O) groups is 2. The van der Waals surface area contributed by atoms with Crippen LogP contribution in [-0.2, 0) is 11.3 Å². The van der Waals surface area contributed by atoms with Crippen LogP contribution in [0.25, 0.3) is 11.0 Å². The van der Waals surface area contributed by atoms with E-state index in [0.717, 1.165) is 48.2 Å². The number of piperidine rings is 1. The molecule has 0 spiro atoms. The molecule has 0 saturated carbocycles. The number of hydrogen-bond donors (Lipinski definition) is 2. The number of fused-ring (bicyclic) bond motifs is 2. The highest BCUT2D eigenvalue weighted by Crippen LogP contribution is 2.36.